The van der Waals surface area contributed by atoms with E-state index in [1.54, 1.807) is 24.3 Å². The Morgan fingerprint density at radius 2 is 2.12 bits per heavy atom. The standard InChI is InChI=1S/C10H8N2O4/c13-10(9-6-7-14-16-11-9)12-15-8-4-2-1-3-5-8/h1-7H,(H,12,13). The average molecular weight is 220 g/mol. The monoisotopic (exact) mass is 220 g/mol. The molecule has 1 aromatic carbocycles. The van der Waals surface area contributed by atoms with Gasteiger partial charge in [0, 0.05) is 6.08 Å². The number of carbonyl (C=O) groups is 1. The number of hydroxylamine groups is 1. The van der Waals surface area contributed by atoms with Crippen molar-refractivity contribution < 1.29 is 19.5 Å². The second-order valence-electron chi connectivity index (χ2n) is 2.80. The number of benzene rings is 1. The van der Waals surface area contributed by atoms with Crippen LogP contribution in [0.1, 0.15) is 0 Å². The number of para-hydroxylation sites is 1. The number of hydrogen-bond acceptors (Lipinski definition) is 5. The second-order valence-corrected chi connectivity index (χ2v) is 2.80. The average Bonchev–Trinajstić information content (AvgIpc) is 2.38. The molecule has 0 aliphatic carbocycles. The highest BCUT2D eigenvalue weighted by Crippen LogP contribution is 2.06. The van der Waals surface area contributed by atoms with Crippen molar-refractivity contribution in [2.75, 3.05) is 0 Å². The topological polar surface area (TPSA) is 69.2 Å². The highest BCUT2D eigenvalue weighted by atomic mass is 17.3. The summed E-state index contributed by atoms with van der Waals surface area (Å²) in [6.07, 6.45) is 2.55. The highest BCUT2D eigenvalue weighted by Gasteiger charge is 2.12. The van der Waals surface area contributed by atoms with Crippen LogP contribution in [0.25, 0.3) is 0 Å². The van der Waals surface area contributed by atoms with Gasteiger partial charge in [-0.25, -0.2) is 0 Å². The van der Waals surface area contributed by atoms with Gasteiger partial charge in [-0.2, -0.15) is 10.5 Å². The third kappa shape index (κ3) is 2.50. The molecular formula is C10H8N2O4. The molecule has 6 nitrogen and oxygen atoms in total. The predicted molar refractivity (Wildman–Crippen MR) is 54.0 cm³/mol. The van der Waals surface area contributed by atoms with E-state index in [2.05, 4.69) is 20.5 Å². The third-order valence-corrected chi connectivity index (χ3v) is 1.70. The zero-order valence-electron chi connectivity index (χ0n) is 8.12. The quantitative estimate of drug-likeness (QED) is 0.607. The lowest BCUT2D eigenvalue weighted by atomic mass is 10.3. The number of rotatable bonds is 3. The molecule has 1 aliphatic rings. The Hall–Kier alpha value is -2.50. The van der Waals surface area contributed by atoms with Crippen LogP contribution in [-0.4, -0.2) is 11.6 Å². The molecule has 1 heterocycles. The molecule has 1 N–H and O–H groups in total. The van der Waals surface area contributed by atoms with Crippen LogP contribution in [0, 0.1) is 0 Å². The van der Waals surface area contributed by atoms with Gasteiger partial charge in [-0.3, -0.25) is 9.68 Å². The van der Waals surface area contributed by atoms with Gasteiger partial charge in [0.25, 0.3) is 0 Å². The SMILES string of the molecule is O=C(NOc1ccccc1)C1=NOOC=C1. The smallest absolute Gasteiger partial charge is 0.306 e. The molecule has 1 aliphatic heterocycles. The number of oxime groups is 1. The van der Waals surface area contributed by atoms with Gasteiger partial charge in [-0.15, -0.1) is 0 Å². The van der Waals surface area contributed by atoms with Crippen LogP contribution in [0.15, 0.2) is 47.8 Å². The van der Waals surface area contributed by atoms with Crippen LogP contribution in [0.2, 0.25) is 0 Å². The first kappa shape index (κ1) is 10.0. The first-order valence-corrected chi connectivity index (χ1v) is 4.45. The molecule has 2 rings (SSSR count). The van der Waals surface area contributed by atoms with Gasteiger partial charge in [0.2, 0.25) is 0 Å². The molecule has 1 aromatic rings. The van der Waals surface area contributed by atoms with E-state index in [0.717, 1.165) is 0 Å². The number of nitrogens with one attached hydrogen (secondary N) is 1. The Balaban J connectivity index is 1.89. The van der Waals surface area contributed by atoms with E-state index < -0.39 is 5.91 Å². The molecule has 0 saturated carbocycles. The number of hydrogen-bond donors (Lipinski definition) is 1. The first-order valence-electron chi connectivity index (χ1n) is 4.45. The van der Waals surface area contributed by atoms with Crippen molar-refractivity contribution in [2.45, 2.75) is 0 Å². The normalized spacial score (nSPS) is 13.1. The van der Waals surface area contributed by atoms with Crippen molar-refractivity contribution in [2.24, 2.45) is 5.16 Å². The van der Waals surface area contributed by atoms with Crippen LogP contribution in [0.4, 0.5) is 0 Å². The second kappa shape index (κ2) is 4.83. The Morgan fingerprint density at radius 1 is 1.31 bits per heavy atom. The number of amides is 1. The fourth-order valence-corrected chi connectivity index (χ4v) is 0.972. The van der Waals surface area contributed by atoms with Crippen molar-refractivity contribution >= 4 is 11.6 Å². The zero-order chi connectivity index (χ0) is 11.2. The maximum absolute atomic E-state index is 11.4. The molecule has 0 unspecified atom stereocenters. The molecule has 0 atom stereocenters. The molecule has 0 aromatic heterocycles. The van der Waals surface area contributed by atoms with Gasteiger partial charge >= 0.3 is 5.91 Å². The van der Waals surface area contributed by atoms with Crippen molar-refractivity contribution in [3.8, 4) is 5.75 Å². The fraction of sp³-hybridized carbons (Fsp3) is 0. The largest absolute Gasteiger partial charge is 0.379 e. The summed E-state index contributed by atoms with van der Waals surface area (Å²) in [6, 6.07) is 8.83. The molecule has 6 heteroatoms. The lowest BCUT2D eigenvalue weighted by Crippen LogP contribution is -2.33. The van der Waals surface area contributed by atoms with E-state index in [-0.39, 0.29) is 5.71 Å². The highest BCUT2D eigenvalue weighted by molar-refractivity contribution is 6.43. The summed E-state index contributed by atoms with van der Waals surface area (Å²) in [5.41, 5.74) is 2.27. The van der Waals surface area contributed by atoms with Crippen molar-refractivity contribution in [1.29, 1.82) is 0 Å². The van der Waals surface area contributed by atoms with Crippen LogP contribution in [-0.2, 0) is 14.7 Å². The molecule has 82 valence electrons. The Labute approximate surface area is 91.0 Å². The van der Waals surface area contributed by atoms with Gasteiger partial charge in [-0.05, 0) is 17.3 Å². The molecule has 0 radical (unpaired) electrons. The molecular weight excluding hydrogens is 212 g/mol. The summed E-state index contributed by atoms with van der Waals surface area (Å²) in [7, 11) is 0. The Morgan fingerprint density at radius 3 is 2.81 bits per heavy atom. The summed E-state index contributed by atoms with van der Waals surface area (Å²) in [5.74, 6) is -0.00295. The van der Waals surface area contributed by atoms with E-state index in [4.69, 9.17) is 4.84 Å². The van der Waals surface area contributed by atoms with Crippen molar-refractivity contribution in [3.05, 3.63) is 42.7 Å². The minimum Gasteiger partial charge on any atom is -0.379 e. The van der Waals surface area contributed by atoms with Crippen molar-refractivity contribution in [3.63, 3.8) is 0 Å². The molecule has 16 heavy (non-hydrogen) atoms. The summed E-state index contributed by atoms with van der Waals surface area (Å²) >= 11 is 0. The zero-order valence-corrected chi connectivity index (χ0v) is 8.12. The minimum absolute atomic E-state index is 0.0576. The minimum atomic E-state index is -0.525. The van der Waals surface area contributed by atoms with E-state index in [1.807, 2.05) is 6.07 Å². The summed E-state index contributed by atoms with van der Waals surface area (Å²) in [5, 5.41) is 3.36. The van der Waals surface area contributed by atoms with E-state index >= 15 is 0 Å². The van der Waals surface area contributed by atoms with Crippen molar-refractivity contribution in [1.82, 2.24) is 5.48 Å². The fourth-order valence-electron chi connectivity index (χ4n) is 0.972. The summed E-state index contributed by atoms with van der Waals surface area (Å²) in [6.45, 7) is 0. The molecule has 1 amide bonds. The lowest BCUT2D eigenvalue weighted by molar-refractivity contribution is -0.252. The van der Waals surface area contributed by atoms with Crippen LogP contribution < -0.4 is 10.3 Å². The van der Waals surface area contributed by atoms with Gasteiger partial charge in [0.1, 0.15) is 6.26 Å². The Kier molecular flexibility index (Phi) is 3.03. The van der Waals surface area contributed by atoms with Crippen LogP contribution >= 0.6 is 0 Å². The maximum Gasteiger partial charge on any atom is 0.306 e. The van der Waals surface area contributed by atoms with E-state index in [1.165, 1.54) is 12.3 Å². The maximum atomic E-state index is 11.4. The molecule has 0 saturated heterocycles. The molecule has 0 fully saturated rings. The molecule has 0 bridgehead atoms. The van der Waals surface area contributed by atoms with Gasteiger partial charge < -0.3 is 4.84 Å². The van der Waals surface area contributed by atoms with E-state index in [0.29, 0.717) is 5.75 Å². The van der Waals surface area contributed by atoms with E-state index in [9.17, 15) is 4.79 Å². The lowest BCUT2D eigenvalue weighted by Gasteiger charge is -2.07. The summed E-state index contributed by atoms with van der Waals surface area (Å²) < 4.78 is 0. The van der Waals surface area contributed by atoms with Crippen LogP contribution in [0.5, 0.6) is 5.75 Å². The van der Waals surface area contributed by atoms with Crippen LogP contribution in [0.3, 0.4) is 0 Å². The number of carbonyl (C=O) groups excluding carboxylic acids is 1. The Bertz CT molecular complexity index is 428. The summed E-state index contributed by atoms with van der Waals surface area (Å²) in [4.78, 5) is 25.0. The molecule has 0 spiro atoms. The first-order chi connectivity index (χ1) is 7.86. The van der Waals surface area contributed by atoms with Gasteiger partial charge in [0.05, 0.1) is 0 Å². The van der Waals surface area contributed by atoms with Gasteiger partial charge in [0.15, 0.2) is 11.5 Å². The number of nitrogens with zero attached hydrogens (tertiary/aromatic N) is 1. The predicted octanol–water partition coefficient (Wildman–Crippen LogP) is 0.928. The van der Waals surface area contributed by atoms with Gasteiger partial charge in [-0.1, -0.05) is 18.2 Å². The third-order valence-electron chi connectivity index (χ3n) is 1.70.